The molecular weight excluding hydrogens is 222 g/mol. The molecule has 1 atom stereocenters. The standard InChI is InChI=1S/C12H16ClN3/c1-8(2)11(15)7-16-12-4-3-10(13)5-9(12)6-14/h3-5,8,11,16H,7,15H2,1-2H3. The Morgan fingerprint density at radius 3 is 2.75 bits per heavy atom. The average molecular weight is 238 g/mol. The lowest BCUT2D eigenvalue weighted by Gasteiger charge is -2.17. The van der Waals surface area contributed by atoms with Gasteiger partial charge < -0.3 is 11.1 Å². The second kappa shape index (κ2) is 5.74. The van der Waals surface area contributed by atoms with Crippen LogP contribution in [-0.2, 0) is 0 Å². The molecule has 0 aliphatic carbocycles. The van der Waals surface area contributed by atoms with Crippen molar-refractivity contribution in [3.8, 4) is 6.07 Å². The number of hydrogen-bond acceptors (Lipinski definition) is 3. The van der Waals surface area contributed by atoms with Gasteiger partial charge in [-0.1, -0.05) is 25.4 Å². The Hall–Kier alpha value is -1.24. The summed E-state index contributed by atoms with van der Waals surface area (Å²) in [5.41, 5.74) is 7.24. The molecule has 0 radical (unpaired) electrons. The number of hydrogen-bond donors (Lipinski definition) is 2. The van der Waals surface area contributed by atoms with E-state index < -0.39 is 0 Å². The van der Waals surface area contributed by atoms with Gasteiger partial charge in [0.1, 0.15) is 6.07 Å². The predicted octanol–water partition coefficient (Wildman–Crippen LogP) is 2.61. The number of nitrogens with one attached hydrogen (secondary N) is 1. The highest BCUT2D eigenvalue weighted by Gasteiger charge is 2.08. The van der Waals surface area contributed by atoms with Gasteiger partial charge in [0.05, 0.1) is 11.3 Å². The molecule has 4 heteroatoms. The van der Waals surface area contributed by atoms with Gasteiger partial charge >= 0.3 is 0 Å². The Balaban J connectivity index is 2.71. The zero-order chi connectivity index (χ0) is 12.1. The van der Waals surface area contributed by atoms with Crippen LogP contribution in [0.25, 0.3) is 0 Å². The van der Waals surface area contributed by atoms with E-state index in [1.165, 1.54) is 0 Å². The first-order valence-electron chi connectivity index (χ1n) is 5.23. The van der Waals surface area contributed by atoms with E-state index in [4.69, 9.17) is 22.6 Å². The maximum atomic E-state index is 8.94. The first-order valence-corrected chi connectivity index (χ1v) is 5.61. The van der Waals surface area contributed by atoms with Gasteiger partial charge in [0, 0.05) is 17.6 Å². The van der Waals surface area contributed by atoms with Crippen LogP contribution in [0.15, 0.2) is 18.2 Å². The minimum Gasteiger partial charge on any atom is -0.382 e. The first kappa shape index (κ1) is 12.8. The van der Waals surface area contributed by atoms with Crippen LogP contribution < -0.4 is 11.1 Å². The van der Waals surface area contributed by atoms with E-state index in [1.54, 1.807) is 18.2 Å². The lowest BCUT2D eigenvalue weighted by Crippen LogP contribution is -2.34. The molecule has 0 saturated carbocycles. The lowest BCUT2D eigenvalue weighted by atomic mass is 10.1. The summed E-state index contributed by atoms with van der Waals surface area (Å²) in [5, 5.41) is 12.7. The molecule has 0 amide bonds. The molecular formula is C12H16ClN3. The monoisotopic (exact) mass is 237 g/mol. The summed E-state index contributed by atoms with van der Waals surface area (Å²) in [4.78, 5) is 0. The van der Waals surface area contributed by atoms with Gasteiger partial charge in [0.25, 0.3) is 0 Å². The molecule has 1 rings (SSSR count). The molecule has 3 nitrogen and oxygen atoms in total. The maximum Gasteiger partial charge on any atom is 0.101 e. The van der Waals surface area contributed by atoms with Gasteiger partial charge in [0.15, 0.2) is 0 Å². The fourth-order valence-electron chi connectivity index (χ4n) is 1.23. The third-order valence-electron chi connectivity index (χ3n) is 2.49. The SMILES string of the molecule is CC(C)C(N)CNc1ccc(Cl)cc1C#N. The van der Waals surface area contributed by atoms with Crippen LogP contribution in [0.2, 0.25) is 5.02 Å². The average Bonchev–Trinajstić information content (AvgIpc) is 2.26. The molecule has 86 valence electrons. The van der Waals surface area contributed by atoms with E-state index in [0.29, 0.717) is 23.0 Å². The first-order chi connectivity index (χ1) is 7.54. The van der Waals surface area contributed by atoms with Crippen molar-refractivity contribution in [2.75, 3.05) is 11.9 Å². The van der Waals surface area contributed by atoms with Crippen LogP contribution in [0, 0.1) is 17.2 Å². The highest BCUT2D eigenvalue weighted by molar-refractivity contribution is 6.30. The molecule has 0 saturated heterocycles. The lowest BCUT2D eigenvalue weighted by molar-refractivity contribution is 0.511. The Morgan fingerprint density at radius 2 is 2.19 bits per heavy atom. The highest BCUT2D eigenvalue weighted by Crippen LogP contribution is 2.19. The van der Waals surface area contributed by atoms with Crippen LogP contribution >= 0.6 is 11.6 Å². The van der Waals surface area contributed by atoms with Crippen LogP contribution in [-0.4, -0.2) is 12.6 Å². The Labute approximate surface area is 101 Å². The topological polar surface area (TPSA) is 61.8 Å². The van der Waals surface area contributed by atoms with E-state index in [2.05, 4.69) is 25.2 Å². The number of anilines is 1. The smallest absolute Gasteiger partial charge is 0.101 e. The summed E-state index contributed by atoms with van der Waals surface area (Å²) in [5.74, 6) is 0.408. The summed E-state index contributed by atoms with van der Waals surface area (Å²) in [6, 6.07) is 7.37. The Morgan fingerprint density at radius 1 is 1.50 bits per heavy atom. The number of rotatable bonds is 4. The quantitative estimate of drug-likeness (QED) is 0.846. The van der Waals surface area contributed by atoms with E-state index in [-0.39, 0.29) is 6.04 Å². The van der Waals surface area contributed by atoms with E-state index >= 15 is 0 Å². The van der Waals surface area contributed by atoms with Gasteiger partial charge in [-0.3, -0.25) is 0 Å². The van der Waals surface area contributed by atoms with Crippen molar-refractivity contribution in [3.63, 3.8) is 0 Å². The summed E-state index contributed by atoms with van der Waals surface area (Å²) in [6.45, 7) is 4.78. The third-order valence-corrected chi connectivity index (χ3v) is 2.72. The molecule has 0 aliphatic rings. The van der Waals surface area contributed by atoms with Crippen molar-refractivity contribution in [2.45, 2.75) is 19.9 Å². The zero-order valence-corrected chi connectivity index (χ0v) is 10.3. The molecule has 1 unspecified atom stereocenters. The largest absolute Gasteiger partial charge is 0.382 e. The molecule has 0 aliphatic heterocycles. The molecule has 1 aromatic rings. The summed E-state index contributed by atoms with van der Waals surface area (Å²) in [7, 11) is 0. The van der Waals surface area contributed by atoms with Crippen molar-refractivity contribution in [1.29, 1.82) is 5.26 Å². The zero-order valence-electron chi connectivity index (χ0n) is 9.50. The van der Waals surface area contributed by atoms with Crippen LogP contribution in [0.5, 0.6) is 0 Å². The normalized spacial score (nSPS) is 12.2. The highest BCUT2D eigenvalue weighted by atomic mass is 35.5. The molecule has 0 heterocycles. The molecule has 0 fully saturated rings. The number of nitrogens with zero attached hydrogens (tertiary/aromatic N) is 1. The van der Waals surface area contributed by atoms with Gasteiger partial charge in [-0.2, -0.15) is 5.26 Å². The number of nitriles is 1. The minimum atomic E-state index is 0.0715. The Kier molecular flexibility index (Phi) is 4.60. The molecule has 1 aromatic carbocycles. The van der Waals surface area contributed by atoms with Crippen molar-refractivity contribution < 1.29 is 0 Å². The van der Waals surface area contributed by atoms with Gasteiger partial charge in [-0.25, -0.2) is 0 Å². The predicted molar refractivity (Wildman–Crippen MR) is 67.5 cm³/mol. The third kappa shape index (κ3) is 3.41. The molecule has 0 bridgehead atoms. The summed E-state index contributed by atoms with van der Waals surface area (Å²) >= 11 is 5.81. The van der Waals surface area contributed by atoms with Gasteiger partial charge in [0.2, 0.25) is 0 Å². The molecule has 3 N–H and O–H groups in total. The van der Waals surface area contributed by atoms with E-state index in [9.17, 15) is 0 Å². The van der Waals surface area contributed by atoms with Crippen molar-refractivity contribution in [3.05, 3.63) is 28.8 Å². The van der Waals surface area contributed by atoms with Crippen molar-refractivity contribution >= 4 is 17.3 Å². The van der Waals surface area contributed by atoms with Crippen LogP contribution in [0.3, 0.4) is 0 Å². The number of halogens is 1. The van der Waals surface area contributed by atoms with Crippen LogP contribution in [0.4, 0.5) is 5.69 Å². The Bertz CT molecular complexity index is 396. The molecule has 0 spiro atoms. The van der Waals surface area contributed by atoms with Gasteiger partial charge in [-0.05, 0) is 24.1 Å². The maximum absolute atomic E-state index is 8.94. The molecule has 16 heavy (non-hydrogen) atoms. The van der Waals surface area contributed by atoms with Crippen molar-refractivity contribution in [1.82, 2.24) is 0 Å². The van der Waals surface area contributed by atoms with E-state index in [1.807, 2.05) is 0 Å². The number of nitrogens with two attached hydrogens (primary N) is 1. The van der Waals surface area contributed by atoms with Crippen molar-refractivity contribution in [2.24, 2.45) is 11.7 Å². The second-order valence-corrected chi connectivity index (χ2v) is 4.53. The summed E-state index contributed by atoms with van der Waals surface area (Å²) < 4.78 is 0. The minimum absolute atomic E-state index is 0.0715. The fourth-order valence-corrected chi connectivity index (χ4v) is 1.40. The number of benzene rings is 1. The fraction of sp³-hybridized carbons (Fsp3) is 0.417. The van der Waals surface area contributed by atoms with Gasteiger partial charge in [-0.15, -0.1) is 0 Å². The summed E-state index contributed by atoms with van der Waals surface area (Å²) in [6.07, 6.45) is 0. The van der Waals surface area contributed by atoms with Crippen LogP contribution in [0.1, 0.15) is 19.4 Å². The molecule has 0 aromatic heterocycles. The second-order valence-electron chi connectivity index (χ2n) is 4.09. The van der Waals surface area contributed by atoms with E-state index in [0.717, 1.165) is 5.69 Å².